The Hall–Kier alpha value is -1.97. The van der Waals surface area contributed by atoms with E-state index in [1.807, 2.05) is 24.3 Å². The van der Waals surface area contributed by atoms with Crippen molar-refractivity contribution in [2.75, 3.05) is 14.2 Å². The number of benzene rings is 2. The van der Waals surface area contributed by atoms with Crippen LogP contribution in [0.15, 0.2) is 42.6 Å². The monoisotopic (exact) mass is 333 g/mol. The van der Waals surface area contributed by atoms with Crippen molar-refractivity contribution in [1.29, 1.82) is 0 Å². The van der Waals surface area contributed by atoms with Crippen molar-refractivity contribution in [1.82, 2.24) is 4.98 Å². The average molecular weight is 334 g/mol. The maximum Gasteiger partial charge on any atom is 0.161 e. The predicted molar refractivity (Wildman–Crippen MR) is 90.3 cm³/mol. The lowest BCUT2D eigenvalue weighted by Gasteiger charge is -2.10. The molecule has 0 aliphatic heterocycles. The van der Waals surface area contributed by atoms with Crippen LogP contribution in [0.5, 0.6) is 11.5 Å². The number of fused-ring (bicyclic) bond motifs is 1. The van der Waals surface area contributed by atoms with E-state index >= 15 is 0 Å². The van der Waals surface area contributed by atoms with Gasteiger partial charge in [-0.2, -0.15) is 0 Å². The van der Waals surface area contributed by atoms with Crippen LogP contribution in [0.4, 0.5) is 0 Å². The molecule has 0 bridgehead atoms. The van der Waals surface area contributed by atoms with Gasteiger partial charge in [0.2, 0.25) is 0 Å². The van der Waals surface area contributed by atoms with E-state index in [1.54, 1.807) is 32.5 Å². The molecule has 0 atom stereocenters. The normalized spacial score (nSPS) is 10.7. The van der Waals surface area contributed by atoms with Crippen LogP contribution in [-0.2, 0) is 0 Å². The van der Waals surface area contributed by atoms with Crippen LogP contribution in [0.3, 0.4) is 0 Å². The summed E-state index contributed by atoms with van der Waals surface area (Å²) in [6.45, 7) is 0. The molecule has 112 valence electrons. The summed E-state index contributed by atoms with van der Waals surface area (Å²) in [6, 6.07) is 11.3. The fourth-order valence-electron chi connectivity index (χ4n) is 2.28. The van der Waals surface area contributed by atoms with Gasteiger partial charge in [-0.15, -0.1) is 0 Å². The van der Waals surface area contributed by atoms with Gasteiger partial charge < -0.3 is 9.47 Å². The molecular weight excluding hydrogens is 321 g/mol. The third-order valence-electron chi connectivity index (χ3n) is 3.44. The zero-order valence-electron chi connectivity index (χ0n) is 12.1. The highest BCUT2D eigenvalue weighted by Gasteiger charge is 2.09. The number of halogens is 2. The first-order chi connectivity index (χ1) is 10.6. The topological polar surface area (TPSA) is 31.4 Å². The molecule has 3 aromatic rings. The van der Waals surface area contributed by atoms with Crippen LogP contribution in [0.2, 0.25) is 10.0 Å². The number of pyridine rings is 1. The molecule has 0 aliphatic rings. The lowest BCUT2D eigenvalue weighted by atomic mass is 10.1. The van der Waals surface area contributed by atoms with E-state index < -0.39 is 0 Å². The standard InChI is InChI=1S/C17H13Cl2NO2/c1-21-16-7-11-6-15(10-3-4-13(18)14(19)5-10)20-9-12(11)8-17(16)22-2/h3-9H,1-2H3. The van der Waals surface area contributed by atoms with Crippen molar-refractivity contribution in [2.45, 2.75) is 0 Å². The van der Waals surface area contributed by atoms with Crippen molar-refractivity contribution in [3.05, 3.63) is 52.6 Å². The summed E-state index contributed by atoms with van der Waals surface area (Å²) in [4.78, 5) is 4.48. The molecule has 0 amide bonds. The second kappa shape index (κ2) is 6.03. The summed E-state index contributed by atoms with van der Waals surface area (Å²) in [5.74, 6) is 1.36. The van der Waals surface area contributed by atoms with Gasteiger partial charge >= 0.3 is 0 Å². The molecular formula is C17H13Cl2NO2. The van der Waals surface area contributed by atoms with E-state index in [-0.39, 0.29) is 0 Å². The highest BCUT2D eigenvalue weighted by Crippen LogP contribution is 2.34. The van der Waals surface area contributed by atoms with Gasteiger partial charge in [0.1, 0.15) is 0 Å². The fourth-order valence-corrected chi connectivity index (χ4v) is 2.58. The molecule has 0 N–H and O–H groups in total. The average Bonchev–Trinajstić information content (AvgIpc) is 2.55. The molecule has 0 aliphatic carbocycles. The summed E-state index contributed by atoms with van der Waals surface area (Å²) in [5, 5.41) is 3.01. The molecule has 0 fully saturated rings. The molecule has 0 unspecified atom stereocenters. The van der Waals surface area contributed by atoms with Crippen LogP contribution in [-0.4, -0.2) is 19.2 Å². The van der Waals surface area contributed by atoms with Crippen molar-refractivity contribution >= 4 is 34.0 Å². The molecule has 3 nitrogen and oxygen atoms in total. The third-order valence-corrected chi connectivity index (χ3v) is 4.18. The molecule has 2 aromatic carbocycles. The van der Waals surface area contributed by atoms with Crippen molar-refractivity contribution in [2.24, 2.45) is 0 Å². The van der Waals surface area contributed by atoms with Crippen LogP contribution < -0.4 is 9.47 Å². The second-order valence-electron chi connectivity index (χ2n) is 4.75. The minimum atomic E-state index is 0.508. The molecule has 0 saturated heterocycles. The first-order valence-electron chi connectivity index (χ1n) is 6.59. The van der Waals surface area contributed by atoms with Crippen LogP contribution in [0, 0.1) is 0 Å². The first kappa shape index (κ1) is 14.9. The van der Waals surface area contributed by atoms with E-state index in [9.17, 15) is 0 Å². The van der Waals surface area contributed by atoms with Gasteiger partial charge in [-0.25, -0.2) is 0 Å². The first-order valence-corrected chi connectivity index (χ1v) is 7.35. The Bertz CT molecular complexity index is 849. The molecule has 5 heteroatoms. The van der Waals surface area contributed by atoms with Gasteiger partial charge in [0.05, 0.1) is 30.0 Å². The molecule has 1 heterocycles. The molecule has 0 spiro atoms. The van der Waals surface area contributed by atoms with Gasteiger partial charge in [0, 0.05) is 17.1 Å². The Balaban J connectivity index is 2.14. The van der Waals surface area contributed by atoms with Crippen molar-refractivity contribution in [3.63, 3.8) is 0 Å². The molecule has 3 rings (SSSR count). The quantitative estimate of drug-likeness (QED) is 0.657. The van der Waals surface area contributed by atoms with Crippen LogP contribution in [0.1, 0.15) is 0 Å². The smallest absolute Gasteiger partial charge is 0.161 e. The zero-order chi connectivity index (χ0) is 15.7. The predicted octanol–water partition coefficient (Wildman–Crippen LogP) is 5.23. The van der Waals surface area contributed by atoms with E-state index in [4.69, 9.17) is 32.7 Å². The highest BCUT2D eigenvalue weighted by molar-refractivity contribution is 6.42. The fraction of sp³-hybridized carbons (Fsp3) is 0.118. The number of aromatic nitrogens is 1. The lowest BCUT2D eigenvalue weighted by Crippen LogP contribution is -1.91. The largest absolute Gasteiger partial charge is 0.493 e. The summed E-state index contributed by atoms with van der Waals surface area (Å²) in [5.41, 5.74) is 1.73. The minimum Gasteiger partial charge on any atom is -0.493 e. The van der Waals surface area contributed by atoms with Gasteiger partial charge in [0.25, 0.3) is 0 Å². The van der Waals surface area contributed by atoms with Gasteiger partial charge in [-0.1, -0.05) is 29.3 Å². The van der Waals surface area contributed by atoms with Crippen LogP contribution >= 0.6 is 23.2 Å². The number of ether oxygens (including phenoxy) is 2. The Kier molecular flexibility index (Phi) is 4.10. The number of hydrogen-bond donors (Lipinski definition) is 0. The second-order valence-corrected chi connectivity index (χ2v) is 5.57. The molecule has 0 radical (unpaired) electrons. The molecule has 22 heavy (non-hydrogen) atoms. The minimum absolute atomic E-state index is 0.508. The maximum atomic E-state index is 6.07. The third kappa shape index (κ3) is 2.70. The maximum absolute atomic E-state index is 6.07. The van der Waals surface area contributed by atoms with Gasteiger partial charge in [-0.05, 0) is 35.7 Å². The van der Waals surface area contributed by atoms with E-state index in [0.29, 0.717) is 21.5 Å². The number of rotatable bonds is 3. The van der Waals surface area contributed by atoms with E-state index in [0.717, 1.165) is 22.0 Å². The number of hydrogen-bond acceptors (Lipinski definition) is 3. The lowest BCUT2D eigenvalue weighted by molar-refractivity contribution is 0.356. The number of nitrogens with zero attached hydrogens (tertiary/aromatic N) is 1. The van der Waals surface area contributed by atoms with Crippen molar-refractivity contribution in [3.8, 4) is 22.8 Å². The SMILES string of the molecule is COc1cc2cnc(-c3ccc(Cl)c(Cl)c3)cc2cc1OC. The molecule has 1 aromatic heterocycles. The Morgan fingerprint density at radius 3 is 2.14 bits per heavy atom. The summed E-state index contributed by atoms with van der Waals surface area (Å²) in [6.07, 6.45) is 1.80. The Labute approximate surface area is 138 Å². The highest BCUT2D eigenvalue weighted by atomic mass is 35.5. The van der Waals surface area contributed by atoms with Gasteiger partial charge in [-0.3, -0.25) is 4.98 Å². The summed E-state index contributed by atoms with van der Waals surface area (Å²) in [7, 11) is 3.23. The van der Waals surface area contributed by atoms with Crippen molar-refractivity contribution < 1.29 is 9.47 Å². The zero-order valence-corrected chi connectivity index (χ0v) is 13.6. The van der Waals surface area contributed by atoms with Crippen LogP contribution in [0.25, 0.3) is 22.0 Å². The summed E-state index contributed by atoms with van der Waals surface area (Å²) >= 11 is 12.0. The number of methoxy groups -OCH3 is 2. The van der Waals surface area contributed by atoms with E-state index in [1.165, 1.54) is 0 Å². The Morgan fingerprint density at radius 2 is 1.50 bits per heavy atom. The summed E-state index contributed by atoms with van der Waals surface area (Å²) < 4.78 is 10.6. The van der Waals surface area contributed by atoms with Gasteiger partial charge in [0.15, 0.2) is 11.5 Å². The molecule has 0 saturated carbocycles. The Morgan fingerprint density at radius 1 is 0.818 bits per heavy atom. The van der Waals surface area contributed by atoms with E-state index in [2.05, 4.69) is 4.98 Å².